The van der Waals surface area contributed by atoms with Gasteiger partial charge >= 0.3 is 0 Å². The zero-order valence-corrected chi connectivity index (χ0v) is 14.7. The fourth-order valence-corrected chi connectivity index (χ4v) is 3.17. The van der Waals surface area contributed by atoms with Gasteiger partial charge in [0.05, 0.1) is 19.3 Å². The Hall–Kier alpha value is -1.85. The number of nitrogens with two attached hydrogens (primary N) is 1. The summed E-state index contributed by atoms with van der Waals surface area (Å²) in [6.07, 6.45) is 0.943. The second-order valence-corrected chi connectivity index (χ2v) is 7.42. The molecule has 5 heteroatoms. The molecule has 24 heavy (non-hydrogen) atoms. The van der Waals surface area contributed by atoms with Gasteiger partial charge in [-0.3, -0.25) is 4.68 Å². The molecule has 0 spiro atoms. The third kappa shape index (κ3) is 3.79. The average molecular weight is 329 g/mol. The SMILES string of the molecule is CC(C)(C)c1cc(N)nn1[C@H]1CCO[C@@H]1COCc1ccccc1. The fourth-order valence-electron chi connectivity index (χ4n) is 3.17. The summed E-state index contributed by atoms with van der Waals surface area (Å²) in [5.41, 5.74) is 8.26. The highest BCUT2D eigenvalue weighted by Gasteiger charge is 2.34. The van der Waals surface area contributed by atoms with Gasteiger partial charge in [0.25, 0.3) is 0 Å². The van der Waals surface area contributed by atoms with Crippen LogP contribution in [0.2, 0.25) is 0 Å². The van der Waals surface area contributed by atoms with E-state index in [0.29, 0.717) is 19.0 Å². The molecule has 2 N–H and O–H groups in total. The molecular formula is C19H27N3O2. The lowest BCUT2D eigenvalue weighted by Crippen LogP contribution is -2.30. The van der Waals surface area contributed by atoms with E-state index in [0.717, 1.165) is 18.7 Å². The minimum absolute atomic E-state index is 0.00844. The first kappa shape index (κ1) is 17.0. The summed E-state index contributed by atoms with van der Waals surface area (Å²) in [5, 5.41) is 4.53. The molecule has 1 aliphatic heterocycles. The fraction of sp³-hybridized carbons (Fsp3) is 0.526. The molecule has 0 aliphatic carbocycles. The molecule has 1 aromatic carbocycles. The molecule has 1 fully saturated rings. The van der Waals surface area contributed by atoms with Crippen molar-refractivity contribution in [3.05, 3.63) is 47.7 Å². The van der Waals surface area contributed by atoms with E-state index in [1.165, 1.54) is 5.56 Å². The maximum atomic E-state index is 5.96. The minimum Gasteiger partial charge on any atom is -0.382 e. The monoisotopic (exact) mass is 329 g/mol. The van der Waals surface area contributed by atoms with Crippen molar-refractivity contribution in [1.82, 2.24) is 9.78 Å². The van der Waals surface area contributed by atoms with Gasteiger partial charge in [-0.1, -0.05) is 51.1 Å². The van der Waals surface area contributed by atoms with Crippen molar-refractivity contribution in [1.29, 1.82) is 0 Å². The van der Waals surface area contributed by atoms with Gasteiger partial charge in [-0.2, -0.15) is 5.10 Å². The second-order valence-electron chi connectivity index (χ2n) is 7.42. The highest BCUT2D eigenvalue weighted by atomic mass is 16.5. The Balaban J connectivity index is 1.68. The van der Waals surface area contributed by atoms with E-state index in [1.54, 1.807) is 0 Å². The molecule has 2 heterocycles. The smallest absolute Gasteiger partial charge is 0.145 e. The molecule has 2 aromatic rings. The van der Waals surface area contributed by atoms with Crippen molar-refractivity contribution in [2.24, 2.45) is 0 Å². The van der Waals surface area contributed by atoms with Gasteiger partial charge in [-0.15, -0.1) is 0 Å². The van der Waals surface area contributed by atoms with Crippen molar-refractivity contribution >= 4 is 5.82 Å². The van der Waals surface area contributed by atoms with E-state index in [-0.39, 0.29) is 17.6 Å². The Kier molecular flexibility index (Phi) is 4.92. The van der Waals surface area contributed by atoms with Crippen LogP contribution >= 0.6 is 0 Å². The number of rotatable bonds is 5. The van der Waals surface area contributed by atoms with Crippen LogP contribution in [0.25, 0.3) is 0 Å². The van der Waals surface area contributed by atoms with E-state index < -0.39 is 0 Å². The minimum atomic E-state index is -0.0113. The first-order valence-corrected chi connectivity index (χ1v) is 8.54. The van der Waals surface area contributed by atoms with Gasteiger partial charge in [-0.05, 0) is 12.0 Å². The lowest BCUT2D eigenvalue weighted by molar-refractivity contribution is -0.00444. The Bertz CT molecular complexity index is 661. The molecule has 3 rings (SSSR count). The van der Waals surface area contributed by atoms with Crippen molar-refractivity contribution in [3.8, 4) is 0 Å². The van der Waals surface area contributed by atoms with Crippen molar-refractivity contribution in [2.75, 3.05) is 18.9 Å². The molecule has 130 valence electrons. The van der Waals surface area contributed by atoms with Gasteiger partial charge in [0, 0.05) is 23.8 Å². The molecule has 0 amide bonds. The van der Waals surface area contributed by atoms with Crippen LogP contribution in [0.3, 0.4) is 0 Å². The summed E-state index contributed by atoms with van der Waals surface area (Å²) in [4.78, 5) is 0. The van der Waals surface area contributed by atoms with E-state index in [2.05, 4.69) is 42.7 Å². The number of aromatic nitrogens is 2. The number of anilines is 1. The summed E-state index contributed by atoms with van der Waals surface area (Å²) in [6, 6.07) is 12.3. The Labute approximate surface area is 143 Å². The predicted octanol–water partition coefficient (Wildman–Crippen LogP) is 3.31. The first-order chi connectivity index (χ1) is 11.4. The number of benzene rings is 1. The molecule has 0 unspecified atom stereocenters. The Morgan fingerprint density at radius 3 is 2.75 bits per heavy atom. The van der Waals surface area contributed by atoms with Crippen molar-refractivity contribution in [3.63, 3.8) is 0 Å². The highest BCUT2D eigenvalue weighted by Crippen LogP contribution is 2.33. The average Bonchev–Trinajstić information content (AvgIpc) is 3.14. The zero-order valence-electron chi connectivity index (χ0n) is 14.7. The van der Waals surface area contributed by atoms with Gasteiger partial charge in [0.2, 0.25) is 0 Å². The van der Waals surface area contributed by atoms with Gasteiger partial charge in [-0.25, -0.2) is 0 Å². The maximum absolute atomic E-state index is 5.96. The topological polar surface area (TPSA) is 62.3 Å². The normalized spacial score (nSPS) is 21.3. The van der Waals surface area contributed by atoms with Crippen LogP contribution in [0.1, 0.15) is 44.5 Å². The van der Waals surface area contributed by atoms with Crippen LogP contribution in [0.5, 0.6) is 0 Å². The van der Waals surface area contributed by atoms with Gasteiger partial charge in [0.15, 0.2) is 0 Å². The summed E-state index contributed by atoms with van der Waals surface area (Å²) in [6.45, 7) is 8.42. The third-order valence-corrected chi connectivity index (χ3v) is 4.41. The van der Waals surface area contributed by atoms with Crippen LogP contribution < -0.4 is 5.73 Å². The van der Waals surface area contributed by atoms with Crippen LogP contribution in [0.4, 0.5) is 5.82 Å². The molecular weight excluding hydrogens is 302 g/mol. The number of hydrogen-bond acceptors (Lipinski definition) is 4. The van der Waals surface area contributed by atoms with Gasteiger partial charge in [0.1, 0.15) is 11.9 Å². The zero-order chi connectivity index (χ0) is 17.2. The Morgan fingerprint density at radius 2 is 2.04 bits per heavy atom. The summed E-state index contributed by atoms with van der Waals surface area (Å²) >= 11 is 0. The number of ether oxygens (including phenoxy) is 2. The predicted molar refractivity (Wildman–Crippen MR) is 94.8 cm³/mol. The molecule has 0 bridgehead atoms. The third-order valence-electron chi connectivity index (χ3n) is 4.41. The number of nitrogens with zero attached hydrogens (tertiary/aromatic N) is 2. The standard InChI is InChI=1S/C19H27N3O2/c1-19(2,3)17-11-18(20)21-22(17)15-9-10-24-16(15)13-23-12-14-7-5-4-6-8-14/h4-8,11,15-16H,9-10,12-13H2,1-3H3,(H2,20,21)/t15-,16+/m0/s1. The maximum Gasteiger partial charge on any atom is 0.145 e. The molecule has 0 radical (unpaired) electrons. The largest absolute Gasteiger partial charge is 0.382 e. The molecule has 1 aliphatic rings. The number of hydrogen-bond donors (Lipinski definition) is 1. The molecule has 1 aromatic heterocycles. The quantitative estimate of drug-likeness (QED) is 0.914. The number of nitrogen functional groups attached to an aromatic ring is 1. The van der Waals surface area contributed by atoms with Crippen LogP contribution in [0.15, 0.2) is 36.4 Å². The summed E-state index contributed by atoms with van der Waals surface area (Å²) in [5.74, 6) is 0.566. The first-order valence-electron chi connectivity index (χ1n) is 8.54. The molecule has 1 saturated heterocycles. The second kappa shape index (κ2) is 6.95. The lowest BCUT2D eigenvalue weighted by atomic mass is 9.91. The highest BCUT2D eigenvalue weighted by molar-refractivity contribution is 5.33. The van der Waals surface area contributed by atoms with E-state index in [4.69, 9.17) is 15.2 Å². The molecule has 5 nitrogen and oxygen atoms in total. The molecule has 0 saturated carbocycles. The lowest BCUT2D eigenvalue weighted by Gasteiger charge is -2.26. The van der Waals surface area contributed by atoms with Crippen molar-refractivity contribution in [2.45, 2.75) is 51.4 Å². The Morgan fingerprint density at radius 1 is 1.29 bits per heavy atom. The molecule has 2 atom stereocenters. The van der Waals surface area contributed by atoms with E-state index in [9.17, 15) is 0 Å². The van der Waals surface area contributed by atoms with Crippen LogP contribution in [-0.4, -0.2) is 29.1 Å². The van der Waals surface area contributed by atoms with Crippen LogP contribution in [-0.2, 0) is 21.5 Å². The summed E-state index contributed by atoms with van der Waals surface area (Å²) in [7, 11) is 0. The van der Waals surface area contributed by atoms with Crippen LogP contribution in [0, 0.1) is 0 Å². The van der Waals surface area contributed by atoms with Gasteiger partial charge < -0.3 is 15.2 Å². The van der Waals surface area contributed by atoms with E-state index in [1.807, 2.05) is 24.3 Å². The van der Waals surface area contributed by atoms with E-state index >= 15 is 0 Å². The summed E-state index contributed by atoms with van der Waals surface area (Å²) < 4.78 is 13.9. The van der Waals surface area contributed by atoms with Crippen molar-refractivity contribution < 1.29 is 9.47 Å².